The number of fused-ring (bicyclic) bond motifs is 1. The Hall–Kier alpha value is -1.50. The van der Waals surface area contributed by atoms with Crippen LogP contribution in [0.25, 0.3) is 10.8 Å². The minimum Gasteiger partial charge on any atom is -0.399 e. The number of hydrogen-bond donors (Lipinski definition) is 1. The number of hydrogen-bond acceptors (Lipinski definition) is 1. The van der Waals surface area contributed by atoms with Gasteiger partial charge in [-0.1, -0.05) is 63.3 Å². The fraction of sp³-hybridized carbons (Fsp3) is 0.444. The molecule has 0 heterocycles. The molecular weight excluding hydrogens is 230 g/mol. The highest BCUT2D eigenvalue weighted by Gasteiger charge is 2.02. The van der Waals surface area contributed by atoms with Gasteiger partial charge in [0.15, 0.2) is 0 Å². The summed E-state index contributed by atoms with van der Waals surface area (Å²) >= 11 is 0. The average Bonchev–Trinajstić information content (AvgIpc) is 2.42. The molecule has 2 aromatic carbocycles. The number of rotatable bonds is 7. The molecule has 102 valence electrons. The maximum atomic E-state index is 5.99. The highest BCUT2D eigenvalue weighted by Crippen LogP contribution is 2.24. The van der Waals surface area contributed by atoms with Crippen molar-refractivity contribution in [2.24, 2.45) is 0 Å². The molecule has 0 aliphatic carbocycles. The van der Waals surface area contributed by atoms with Crippen LogP contribution in [0.3, 0.4) is 0 Å². The molecule has 0 spiro atoms. The summed E-state index contributed by atoms with van der Waals surface area (Å²) in [6.07, 6.45) is 9.21. The Morgan fingerprint density at radius 3 is 2.47 bits per heavy atom. The van der Waals surface area contributed by atoms with Crippen LogP contribution in [0.2, 0.25) is 0 Å². The molecule has 2 N–H and O–H groups in total. The molecule has 2 rings (SSSR count). The Morgan fingerprint density at radius 1 is 0.895 bits per heavy atom. The smallest absolute Gasteiger partial charge is 0.0323 e. The van der Waals surface area contributed by atoms with Gasteiger partial charge in [-0.3, -0.25) is 0 Å². The Bertz CT molecular complexity index is 516. The molecule has 0 unspecified atom stereocenters. The molecule has 0 fully saturated rings. The van der Waals surface area contributed by atoms with Crippen LogP contribution < -0.4 is 5.73 Å². The van der Waals surface area contributed by atoms with Crippen molar-refractivity contribution in [3.05, 3.63) is 42.0 Å². The fourth-order valence-corrected chi connectivity index (χ4v) is 2.72. The first kappa shape index (κ1) is 13.9. The van der Waals surface area contributed by atoms with Crippen LogP contribution in [0.1, 0.15) is 51.0 Å². The Labute approximate surface area is 116 Å². The first-order valence-electron chi connectivity index (χ1n) is 7.58. The summed E-state index contributed by atoms with van der Waals surface area (Å²) in [5, 5.41) is 2.63. The summed E-state index contributed by atoms with van der Waals surface area (Å²) in [4.78, 5) is 0. The summed E-state index contributed by atoms with van der Waals surface area (Å²) in [7, 11) is 0. The van der Waals surface area contributed by atoms with Crippen molar-refractivity contribution < 1.29 is 0 Å². The molecule has 0 aromatic heterocycles. The second-order valence-corrected chi connectivity index (χ2v) is 5.42. The van der Waals surface area contributed by atoms with Crippen molar-refractivity contribution in [3.63, 3.8) is 0 Å². The van der Waals surface area contributed by atoms with Crippen LogP contribution in [0.5, 0.6) is 0 Å². The third-order valence-corrected chi connectivity index (χ3v) is 3.77. The Morgan fingerprint density at radius 2 is 1.63 bits per heavy atom. The van der Waals surface area contributed by atoms with Crippen molar-refractivity contribution in [1.82, 2.24) is 0 Å². The topological polar surface area (TPSA) is 26.0 Å². The largest absolute Gasteiger partial charge is 0.399 e. The molecule has 0 amide bonds. The van der Waals surface area contributed by atoms with Gasteiger partial charge in [0.1, 0.15) is 0 Å². The molecule has 0 saturated carbocycles. The first-order valence-corrected chi connectivity index (χ1v) is 7.58. The van der Waals surface area contributed by atoms with Gasteiger partial charge in [-0.2, -0.15) is 0 Å². The molecule has 2 aromatic rings. The van der Waals surface area contributed by atoms with Crippen LogP contribution in [0, 0.1) is 0 Å². The van der Waals surface area contributed by atoms with Gasteiger partial charge in [0.25, 0.3) is 0 Å². The molecule has 1 heteroatoms. The Balaban J connectivity index is 1.96. The third kappa shape index (κ3) is 3.99. The van der Waals surface area contributed by atoms with Gasteiger partial charge in [-0.05, 0) is 41.3 Å². The maximum absolute atomic E-state index is 5.99. The van der Waals surface area contributed by atoms with Crippen molar-refractivity contribution in [1.29, 1.82) is 0 Å². The van der Waals surface area contributed by atoms with Crippen LogP contribution in [-0.4, -0.2) is 0 Å². The lowest BCUT2D eigenvalue weighted by Gasteiger charge is -2.08. The molecule has 0 saturated heterocycles. The van der Waals surface area contributed by atoms with Gasteiger partial charge in [-0.25, -0.2) is 0 Å². The summed E-state index contributed by atoms with van der Waals surface area (Å²) in [5.74, 6) is 0. The van der Waals surface area contributed by atoms with Crippen LogP contribution in [-0.2, 0) is 6.42 Å². The van der Waals surface area contributed by atoms with E-state index in [4.69, 9.17) is 5.73 Å². The molecular formula is C18H25N. The number of aryl methyl sites for hydroxylation is 1. The average molecular weight is 255 g/mol. The van der Waals surface area contributed by atoms with Crippen molar-refractivity contribution in [2.45, 2.75) is 51.9 Å². The second kappa shape index (κ2) is 7.18. The predicted octanol–water partition coefficient (Wildman–Crippen LogP) is 5.33. The summed E-state index contributed by atoms with van der Waals surface area (Å²) in [5.41, 5.74) is 8.29. The van der Waals surface area contributed by atoms with Gasteiger partial charge < -0.3 is 5.73 Å². The maximum Gasteiger partial charge on any atom is 0.0323 e. The lowest BCUT2D eigenvalue weighted by molar-refractivity contribution is 0.608. The van der Waals surface area contributed by atoms with Gasteiger partial charge in [-0.15, -0.1) is 0 Å². The van der Waals surface area contributed by atoms with E-state index in [1.54, 1.807) is 0 Å². The van der Waals surface area contributed by atoms with E-state index >= 15 is 0 Å². The minimum absolute atomic E-state index is 0.889. The molecule has 19 heavy (non-hydrogen) atoms. The molecule has 0 aliphatic rings. The zero-order chi connectivity index (χ0) is 13.5. The molecule has 0 aliphatic heterocycles. The zero-order valence-corrected chi connectivity index (χ0v) is 12.0. The first-order chi connectivity index (χ1) is 9.31. The summed E-state index contributed by atoms with van der Waals surface area (Å²) in [6, 6.07) is 12.8. The van der Waals surface area contributed by atoms with Gasteiger partial charge in [0.2, 0.25) is 0 Å². The highest BCUT2D eigenvalue weighted by molar-refractivity contribution is 5.88. The molecule has 0 bridgehead atoms. The van der Waals surface area contributed by atoms with Crippen molar-refractivity contribution in [2.75, 3.05) is 5.73 Å². The summed E-state index contributed by atoms with van der Waals surface area (Å²) in [6.45, 7) is 2.26. The van der Waals surface area contributed by atoms with E-state index in [9.17, 15) is 0 Å². The van der Waals surface area contributed by atoms with Gasteiger partial charge >= 0.3 is 0 Å². The SMILES string of the molecule is CCCCCCCCc1cc(N)cc2ccccc12. The molecule has 0 atom stereocenters. The van der Waals surface area contributed by atoms with E-state index in [1.807, 2.05) is 0 Å². The van der Waals surface area contributed by atoms with E-state index < -0.39 is 0 Å². The highest BCUT2D eigenvalue weighted by atomic mass is 14.5. The van der Waals surface area contributed by atoms with Crippen LogP contribution in [0.4, 0.5) is 5.69 Å². The standard InChI is InChI=1S/C18H25N/c1-2-3-4-5-6-7-10-15-13-17(19)14-16-11-8-9-12-18(15)16/h8-9,11-14H,2-7,10,19H2,1H3. The third-order valence-electron chi connectivity index (χ3n) is 3.77. The number of benzene rings is 2. The predicted molar refractivity (Wildman–Crippen MR) is 85.4 cm³/mol. The lowest BCUT2D eigenvalue weighted by Crippen LogP contribution is -1.92. The van der Waals surface area contributed by atoms with Gasteiger partial charge in [0, 0.05) is 5.69 Å². The number of nitrogen functional groups attached to an aromatic ring is 1. The van der Waals surface area contributed by atoms with Crippen LogP contribution >= 0.6 is 0 Å². The molecule has 1 nitrogen and oxygen atoms in total. The zero-order valence-electron chi connectivity index (χ0n) is 12.0. The van der Waals surface area contributed by atoms with E-state index in [-0.39, 0.29) is 0 Å². The van der Waals surface area contributed by atoms with E-state index in [0.29, 0.717) is 0 Å². The molecule has 0 radical (unpaired) electrons. The number of unbranched alkanes of at least 4 members (excludes halogenated alkanes) is 5. The van der Waals surface area contributed by atoms with Gasteiger partial charge in [0.05, 0.1) is 0 Å². The second-order valence-electron chi connectivity index (χ2n) is 5.42. The Kier molecular flexibility index (Phi) is 5.26. The quantitative estimate of drug-likeness (QED) is 0.525. The van der Waals surface area contributed by atoms with E-state index in [2.05, 4.69) is 43.3 Å². The normalized spacial score (nSPS) is 11.0. The van der Waals surface area contributed by atoms with Crippen molar-refractivity contribution >= 4 is 16.5 Å². The number of nitrogens with two attached hydrogens (primary N) is 1. The van der Waals surface area contributed by atoms with Crippen LogP contribution in [0.15, 0.2) is 36.4 Å². The minimum atomic E-state index is 0.889. The monoisotopic (exact) mass is 255 g/mol. The van der Waals surface area contributed by atoms with E-state index in [1.165, 1.54) is 54.9 Å². The number of anilines is 1. The summed E-state index contributed by atoms with van der Waals surface area (Å²) < 4.78 is 0. The van der Waals surface area contributed by atoms with Crippen molar-refractivity contribution in [3.8, 4) is 0 Å². The fourth-order valence-electron chi connectivity index (χ4n) is 2.72. The lowest BCUT2D eigenvalue weighted by atomic mass is 9.98. The van der Waals surface area contributed by atoms with E-state index in [0.717, 1.165) is 12.1 Å².